The van der Waals surface area contributed by atoms with E-state index in [9.17, 15) is 0 Å². The molecule has 1 saturated heterocycles. The highest BCUT2D eigenvalue weighted by atomic mass is 16.7. The number of hydrogen-bond donors (Lipinski definition) is 1. The van der Waals surface area contributed by atoms with Crippen molar-refractivity contribution in [3.8, 4) is 5.75 Å². The Morgan fingerprint density at radius 2 is 2.19 bits per heavy atom. The van der Waals surface area contributed by atoms with Gasteiger partial charge >= 0.3 is 0 Å². The minimum atomic E-state index is -0.522. The summed E-state index contributed by atoms with van der Waals surface area (Å²) in [6.45, 7) is 4.69. The van der Waals surface area contributed by atoms with Gasteiger partial charge in [-0.2, -0.15) is 0 Å². The van der Waals surface area contributed by atoms with Crippen molar-refractivity contribution < 1.29 is 14.2 Å². The molecule has 0 bridgehead atoms. The van der Waals surface area contributed by atoms with Crippen LogP contribution in [0.3, 0.4) is 0 Å². The lowest BCUT2D eigenvalue weighted by Gasteiger charge is -2.17. The molecule has 6 heteroatoms. The Labute approximate surface area is 93.7 Å². The molecule has 0 aromatic carbocycles. The van der Waals surface area contributed by atoms with Crippen molar-refractivity contribution >= 4 is 5.95 Å². The van der Waals surface area contributed by atoms with Crippen molar-refractivity contribution in [2.24, 2.45) is 0 Å². The zero-order chi connectivity index (χ0) is 11.6. The molecule has 2 heterocycles. The summed E-state index contributed by atoms with van der Waals surface area (Å²) >= 11 is 0. The highest BCUT2D eigenvalue weighted by Gasteiger charge is 2.32. The molecular weight excluding hydrogens is 210 g/mol. The van der Waals surface area contributed by atoms with Crippen LogP contribution in [0.15, 0.2) is 12.4 Å². The highest BCUT2D eigenvalue weighted by molar-refractivity contribution is 5.21. The molecule has 0 saturated carbocycles. The van der Waals surface area contributed by atoms with E-state index in [1.807, 2.05) is 13.8 Å². The summed E-state index contributed by atoms with van der Waals surface area (Å²) in [4.78, 5) is 7.65. The molecule has 1 aliphatic rings. The Morgan fingerprint density at radius 1 is 1.50 bits per heavy atom. The Hall–Kier alpha value is -1.40. The minimum absolute atomic E-state index is 0.0625. The number of nitrogen functional groups attached to an aromatic ring is 1. The van der Waals surface area contributed by atoms with E-state index < -0.39 is 5.79 Å². The normalized spacial score (nSPS) is 23.2. The Bertz CT molecular complexity index is 353. The van der Waals surface area contributed by atoms with Crippen LogP contribution in [0.1, 0.15) is 13.8 Å². The van der Waals surface area contributed by atoms with Crippen LogP contribution in [0.4, 0.5) is 5.95 Å². The molecule has 0 spiro atoms. The number of ether oxygens (including phenoxy) is 3. The van der Waals surface area contributed by atoms with Gasteiger partial charge in [-0.3, -0.25) is 0 Å². The lowest BCUT2D eigenvalue weighted by molar-refractivity contribution is -0.141. The van der Waals surface area contributed by atoms with Gasteiger partial charge in [0.15, 0.2) is 11.5 Å². The molecule has 0 aliphatic carbocycles. The van der Waals surface area contributed by atoms with E-state index in [-0.39, 0.29) is 12.1 Å². The van der Waals surface area contributed by atoms with Crippen LogP contribution in [-0.4, -0.2) is 35.1 Å². The number of nitrogens with two attached hydrogens (primary N) is 1. The molecule has 1 aliphatic heterocycles. The molecule has 88 valence electrons. The molecule has 2 rings (SSSR count). The molecule has 0 amide bonds. The molecule has 1 aromatic rings. The first-order chi connectivity index (χ1) is 7.55. The maximum atomic E-state index is 5.58. The average molecular weight is 225 g/mol. The second-order valence-electron chi connectivity index (χ2n) is 4.04. The van der Waals surface area contributed by atoms with Gasteiger partial charge in [0.25, 0.3) is 0 Å². The van der Waals surface area contributed by atoms with Gasteiger partial charge in [-0.25, -0.2) is 9.97 Å². The summed E-state index contributed by atoms with van der Waals surface area (Å²) in [7, 11) is 0. The summed E-state index contributed by atoms with van der Waals surface area (Å²) in [5, 5.41) is 0. The van der Waals surface area contributed by atoms with E-state index in [0.29, 0.717) is 19.0 Å². The summed E-state index contributed by atoms with van der Waals surface area (Å²) in [6, 6.07) is 0. The summed E-state index contributed by atoms with van der Waals surface area (Å²) < 4.78 is 16.4. The fourth-order valence-corrected chi connectivity index (χ4v) is 1.44. The maximum Gasteiger partial charge on any atom is 0.220 e. The van der Waals surface area contributed by atoms with E-state index >= 15 is 0 Å². The third kappa shape index (κ3) is 2.80. The van der Waals surface area contributed by atoms with Crippen LogP contribution < -0.4 is 10.5 Å². The monoisotopic (exact) mass is 225 g/mol. The van der Waals surface area contributed by atoms with Crippen molar-refractivity contribution in [3.63, 3.8) is 0 Å². The number of aromatic nitrogens is 2. The van der Waals surface area contributed by atoms with Crippen molar-refractivity contribution in [2.75, 3.05) is 18.9 Å². The third-order valence-electron chi connectivity index (χ3n) is 2.15. The van der Waals surface area contributed by atoms with Crippen LogP contribution in [0.25, 0.3) is 0 Å². The molecule has 1 atom stereocenters. The fraction of sp³-hybridized carbons (Fsp3) is 0.600. The Kier molecular flexibility index (Phi) is 2.93. The second kappa shape index (κ2) is 4.23. The molecule has 0 radical (unpaired) electrons. The van der Waals surface area contributed by atoms with Gasteiger partial charge in [0.05, 0.1) is 19.0 Å². The van der Waals surface area contributed by atoms with Crippen LogP contribution >= 0.6 is 0 Å². The van der Waals surface area contributed by atoms with Crippen molar-refractivity contribution in [1.29, 1.82) is 0 Å². The van der Waals surface area contributed by atoms with E-state index in [0.717, 1.165) is 0 Å². The van der Waals surface area contributed by atoms with Gasteiger partial charge in [-0.15, -0.1) is 0 Å². The number of anilines is 1. The van der Waals surface area contributed by atoms with Gasteiger partial charge in [0.1, 0.15) is 12.7 Å². The van der Waals surface area contributed by atoms with Gasteiger partial charge in [-0.1, -0.05) is 0 Å². The molecule has 6 nitrogen and oxygen atoms in total. The third-order valence-corrected chi connectivity index (χ3v) is 2.15. The van der Waals surface area contributed by atoms with Crippen LogP contribution in [0.2, 0.25) is 0 Å². The molecule has 1 fully saturated rings. The van der Waals surface area contributed by atoms with Crippen LogP contribution in [0, 0.1) is 0 Å². The highest BCUT2D eigenvalue weighted by Crippen LogP contribution is 2.22. The lowest BCUT2D eigenvalue weighted by atomic mass is 10.4. The number of hydrogen-bond acceptors (Lipinski definition) is 6. The van der Waals surface area contributed by atoms with Crippen molar-refractivity contribution in [3.05, 3.63) is 12.4 Å². The van der Waals surface area contributed by atoms with Gasteiger partial charge in [0.2, 0.25) is 5.95 Å². The fourth-order valence-electron chi connectivity index (χ4n) is 1.44. The maximum absolute atomic E-state index is 5.58. The predicted molar refractivity (Wildman–Crippen MR) is 56.8 cm³/mol. The molecule has 1 aromatic heterocycles. The largest absolute Gasteiger partial charge is 0.488 e. The first-order valence-corrected chi connectivity index (χ1v) is 5.07. The van der Waals surface area contributed by atoms with E-state index in [2.05, 4.69) is 9.97 Å². The minimum Gasteiger partial charge on any atom is -0.488 e. The number of nitrogens with zero attached hydrogens (tertiary/aromatic N) is 2. The molecule has 1 unspecified atom stereocenters. The summed E-state index contributed by atoms with van der Waals surface area (Å²) in [5.74, 6) is 0.280. The van der Waals surface area contributed by atoms with Crippen molar-refractivity contribution in [2.45, 2.75) is 25.7 Å². The Morgan fingerprint density at radius 3 is 2.75 bits per heavy atom. The van der Waals surface area contributed by atoms with Gasteiger partial charge < -0.3 is 19.9 Å². The van der Waals surface area contributed by atoms with Crippen molar-refractivity contribution in [1.82, 2.24) is 9.97 Å². The predicted octanol–water partition coefficient (Wildman–Crippen LogP) is 0.589. The standard InChI is InChI=1S/C10H15N3O3/c1-10(2)15-6-8(16-10)5-14-7-3-12-9(11)13-4-7/h3-4,8H,5-6H2,1-2H3,(H2,11,12,13). The zero-order valence-corrected chi connectivity index (χ0v) is 9.34. The SMILES string of the molecule is CC1(C)OCC(COc2cnc(N)nc2)O1. The van der Waals surface area contributed by atoms with Gasteiger partial charge in [0, 0.05) is 0 Å². The van der Waals surface area contributed by atoms with E-state index in [1.165, 1.54) is 12.4 Å². The topological polar surface area (TPSA) is 79.5 Å². The lowest BCUT2D eigenvalue weighted by Crippen LogP contribution is -2.25. The van der Waals surface area contributed by atoms with Gasteiger partial charge in [-0.05, 0) is 13.8 Å². The molecule has 2 N–H and O–H groups in total. The second-order valence-corrected chi connectivity index (χ2v) is 4.04. The summed E-state index contributed by atoms with van der Waals surface area (Å²) in [5.41, 5.74) is 5.36. The summed E-state index contributed by atoms with van der Waals surface area (Å²) in [6.07, 6.45) is 3.00. The Balaban J connectivity index is 1.82. The van der Waals surface area contributed by atoms with E-state index in [4.69, 9.17) is 19.9 Å². The first kappa shape index (κ1) is 11.1. The van der Waals surface area contributed by atoms with Crippen LogP contribution in [-0.2, 0) is 9.47 Å². The van der Waals surface area contributed by atoms with Crippen LogP contribution in [0.5, 0.6) is 5.75 Å². The average Bonchev–Trinajstić information content (AvgIpc) is 2.58. The van der Waals surface area contributed by atoms with E-state index in [1.54, 1.807) is 0 Å². The quantitative estimate of drug-likeness (QED) is 0.811. The smallest absolute Gasteiger partial charge is 0.220 e. The first-order valence-electron chi connectivity index (χ1n) is 5.07. The molecule has 16 heavy (non-hydrogen) atoms. The number of rotatable bonds is 3. The molecular formula is C10H15N3O3. The zero-order valence-electron chi connectivity index (χ0n) is 9.34.